The molecule has 0 aliphatic carbocycles. The van der Waals surface area contributed by atoms with Crippen LogP contribution >= 0.6 is 11.3 Å². The number of carbonyl (C=O) groups is 1. The van der Waals surface area contributed by atoms with Gasteiger partial charge in [0.1, 0.15) is 10.8 Å². The molecule has 8 heteroatoms. The number of halogens is 1. The van der Waals surface area contributed by atoms with E-state index in [-0.39, 0.29) is 17.5 Å². The molecule has 1 fully saturated rings. The normalized spacial score (nSPS) is 16.5. The highest BCUT2D eigenvalue weighted by Crippen LogP contribution is 2.27. The van der Waals surface area contributed by atoms with Crippen LogP contribution in [-0.4, -0.2) is 70.5 Å². The number of carbonyl (C=O) groups excluding carboxylic acids is 1. The van der Waals surface area contributed by atoms with Crippen LogP contribution in [0.2, 0.25) is 0 Å². The average Bonchev–Trinajstić information content (AvgIpc) is 3.44. The van der Waals surface area contributed by atoms with Gasteiger partial charge >= 0.3 is 0 Å². The Morgan fingerprint density at radius 2 is 2.06 bits per heavy atom. The van der Waals surface area contributed by atoms with Gasteiger partial charge in [-0.3, -0.25) is 4.79 Å². The maximum Gasteiger partial charge on any atom is 0.193 e. The molecule has 0 amide bonds. The minimum atomic E-state index is -0.234. The number of piperazine rings is 1. The Labute approximate surface area is 199 Å². The van der Waals surface area contributed by atoms with Crippen LogP contribution in [0.25, 0.3) is 10.9 Å². The van der Waals surface area contributed by atoms with Gasteiger partial charge in [0.2, 0.25) is 0 Å². The van der Waals surface area contributed by atoms with Crippen LogP contribution in [0.1, 0.15) is 53.0 Å². The number of fused-ring (bicyclic) bond motifs is 1. The summed E-state index contributed by atoms with van der Waals surface area (Å²) in [7, 11) is 2.16. The Balaban J connectivity index is 1.36. The third-order valence-corrected chi connectivity index (χ3v) is 7.65. The van der Waals surface area contributed by atoms with Gasteiger partial charge in [-0.1, -0.05) is 31.1 Å². The minimum Gasteiger partial charge on any atom is -0.361 e. The van der Waals surface area contributed by atoms with Gasteiger partial charge < -0.3 is 14.8 Å². The Hall–Kier alpha value is -2.16. The number of unbranched alkanes of at least 4 members (excludes halogenated alkanes) is 1. The molecule has 3 aromatic rings. The van der Waals surface area contributed by atoms with E-state index in [9.17, 15) is 9.18 Å². The van der Waals surface area contributed by atoms with E-state index in [1.807, 2.05) is 6.20 Å². The molecule has 33 heavy (non-hydrogen) atoms. The molecule has 178 valence electrons. The van der Waals surface area contributed by atoms with Crippen molar-refractivity contribution in [2.24, 2.45) is 5.92 Å². The number of nitrogens with one attached hydrogen (secondary N) is 1. The standard InChI is InChI=1S/C25H34FN5OS/c1-3-4-5-18(14-19-17-27-22-7-6-20(26)16-21(19)22)15-23(32)25-29-28-24(33-25)8-9-31-12-10-30(2)11-13-31/h6-7,16-18,27H,3-5,8-15H2,1-2H3. The lowest BCUT2D eigenvalue weighted by molar-refractivity contribution is 0.0957. The summed E-state index contributed by atoms with van der Waals surface area (Å²) >= 11 is 1.44. The summed E-state index contributed by atoms with van der Waals surface area (Å²) in [4.78, 5) is 21.1. The number of H-pyrrole nitrogens is 1. The molecule has 1 unspecified atom stereocenters. The summed E-state index contributed by atoms with van der Waals surface area (Å²) in [5.74, 6) is 0.0466. The topological polar surface area (TPSA) is 65.1 Å². The molecule has 4 rings (SSSR count). The van der Waals surface area contributed by atoms with E-state index in [1.54, 1.807) is 12.1 Å². The molecule has 6 nitrogen and oxygen atoms in total. The third kappa shape index (κ3) is 6.46. The van der Waals surface area contributed by atoms with Gasteiger partial charge in [0.15, 0.2) is 10.8 Å². The van der Waals surface area contributed by atoms with Gasteiger partial charge in [0, 0.05) is 62.7 Å². The van der Waals surface area contributed by atoms with E-state index >= 15 is 0 Å². The first kappa shape index (κ1) is 24.0. The minimum absolute atomic E-state index is 0.0745. The Bertz CT molecular complexity index is 1060. The molecule has 1 atom stereocenters. The number of hydrogen-bond donors (Lipinski definition) is 1. The highest BCUT2D eigenvalue weighted by Gasteiger charge is 2.21. The van der Waals surface area contributed by atoms with Crippen molar-refractivity contribution in [1.29, 1.82) is 0 Å². The molecule has 0 spiro atoms. The lowest BCUT2D eigenvalue weighted by atomic mass is 9.89. The largest absolute Gasteiger partial charge is 0.361 e. The SMILES string of the molecule is CCCCC(CC(=O)c1nnc(CCN2CCN(C)CC2)s1)Cc1c[nH]c2ccc(F)cc12. The third-order valence-electron chi connectivity index (χ3n) is 6.62. The van der Waals surface area contributed by atoms with Crippen LogP contribution in [0.5, 0.6) is 0 Å². The fourth-order valence-electron chi connectivity index (χ4n) is 4.54. The predicted octanol–water partition coefficient (Wildman–Crippen LogP) is 4.57. The average molecular weight is 472 g/mol. The van der Waals surface area contributed by atoms with Crippen molar-refractivity contribution in [3.63, 3.8) is 0 Å². The molecule has 3 heterocycles. The summed E-state index contributed by atoms with van der Waals surface area (Å²) in [5.41, 5.74) is 2.00. The fraction of sp³-hybridized carbons (Fsp3) is 0.560. The van der Waals surface area contributed by atoms with E-state index in [0.717, 1.165) is 86.3 Å². The second-order valence-corrected chi connectivity index (χ2v) is 10.3. The van der Waals surface area contributed by atoms with E-state index < -0.39 is 0 Å². The van der Waals surface area contributed by atoms with Gasteiger partial charge in [-0.15, -0.1) is 10.2 Å². The van der Waals surface area contributed by atoms with Crippen LogP contribution < -0.4 is 0 Å². The van der Waals surface area contributed by atoms with Crippen LogP contribution in [0, 0.1) is 11.7 Å². The van der Waals surface area contributed by atoms with Crippen LogP contribution in [0.4, 0.5) is 4.39 Å². The molecule has 1 N–H and O–H groups in total. The zero-order valence-electron chi connectivity index (χ0n) is 19.6. The quantitative estimate of drug-likeness (QED) is 0.415. The molecule has 0 saturated carbocycles. The zero-order chi connectivity index (χ0) is 23.2. The molecule has 1 aliphatic heterocycles. The van der Waals surface area contributed by atoms with Gasteiger partial charge in [-0.2, -0.15) is 0 Å². The molecule has 0 bridgehead atoms. The van der Waals surface area contributed by atoms with Crippen LogP contribution in [0.3, 0.4) is 0 Å². The molecule has 0 radical (unpaired) electrons. The Kier molecular flexibility index (Phi) is 8.22. The summed E-state index contributed by atoms with van der Waals surface area (Å²) in [6.07, 6.45) is 7.13. The lowest BCUT2D eigenvalue weighted by Gasteiger charge is -2.32. The smallest absolute Gasteiger partial charge is 0.193 e. The molecular formula is C25H34FN5OS. The summed E-state index contributed by atoms with van der Waals surface area (Å²) in [6, 6.07) is 4.82. The van der Waals surface area contributed by atoms with E-state index in [0.29, 0.717) is 11.4 Å². The summed E-state index contributed by atoms with van der Waals surface area (Å²) < 4.78 is 13.8. The highest BCUT2D eigenvalue weighted by molar-refractivity contribution is 7.13. The van der Waals surface area contributed by atoms with Gasteiger partial charge in [0.05, 0.1) is 0 Å². The van der Waals surface area contributed by atoms with Crippen molar-refractivity contribution in [3.8, 4) is 0 Å². The number of rotatable bonds is 11. The zero-order valence-corrected chi connectivity index (χ0v) is 20.5. The summed E-state index contributed by atoms with van der Waals surface area (Å²) in [5, 5.41) is 10.9. The predicted molar refractivity (Wildman–Crippen MR) is 131 cm³/mol. The number of Topliss-reactive ketones (excluding diaryl/α,β-unsaturated/α-hetero) is 1. The second-order valence-electron chi connectivity index (χ2n) is 9.24. The maximum absolute atomic E-state index is 13.8. The van der Waals surface area contributed by atoms with Crippen LogP contribution in [-0.2, 0) is 12.8 Å². The van der Waals surface area contributed by atoms with E-state index in [1.165, 1.54) is 17.4 Å². The first-order chi connectivity index (χ1) is 16.0. The van der Waals surface area contributed by atoms with Crippen molar-refractivity contribution >= 4 is 28.0 Å². The summed E-state index contributed by atoms with van der Waals surface area (Å²) in [6.45, 7) is 7.49. The lowest BCUT2D eigenvalue weighted by Crippen LogP contribution is -2.45. The molecule has 1 aliphatic rings. The van der Waals surface area contributed by atoms with Crippen molar-refractivity contribution in [2.75, 3.05) is 39.8 Å². The number of aromatic amines is 1. The van der Waals surface area contributed by atoms with E-state index in [4.69, 9.17) is 0 Å². The number of benzene rings is 1. The van der Waals surface area contributed by atoms with Crippen molar-refractivity contribution in [3.05, 3.63) is 45.8 Å². The number of hydrogen-bond acceptors (Lipinski definition) is 6. The monoisotopic (exact) mass is 471 g/mol. The number of ketones is 1. The molecular weight excluding hydrogens is 437 g/mol. The first-order valence-electron chi connectivity index (χ1n) is 12.0. The van der Waals surface area contributed by atoms with Crippen molar-refractivity contribution in [1.82, 2.24) is 25.0 Å². The Morgan fingerprint density at radius 1 is 1.24 bits per heavy atom. The molecule has 1 aromatic carbocycles. The maximum atomic E-state index is 13.8. The first-order valence-corrected chi connectivity index (χ1v) is 12.9. The van der Waals surface area contributed by atoms with Gasteiger partial charge in [0.25, 0.3) is 0 Å². The number of likely N-dealkylation sites (N-methyl/N-ethyl adjacent to an activating group) is 1. The second kappa shape index (κ2) is 11.3. The van der Waals surface area contributed by atoms with Gasteiger partial charge in [-0.25, -0.2) is 4.39 Å². The van der Waals surface area contributed by atoms with E-state index in [2.05, 4.69) is 39.0 Å². The van der Waals surface area contributed by atoms with Gasteiger partial charge in [-0.05, 0) is 49.6 Å². The highest BCUT2D eigenvalue weighted by atomic mass is 32.1. The molecule has 2 aromatic heterocycles. The Morgan fingerprint density at radius 3 is 2.85 bits per heavy atom. The van der Waals surface area contributed by atoms with Crippen molar-refractivity contribution in [2.45, 2.75) is 45.4 Å². The van der Waals surface area contributed by atoms with Crippen molar-refractivity contribution < 1.29 is 9.18 Å². The number of aromatic nitrogens is 3. The van der Waals surface area contributed by atoms with Crippen LogP contribution in [0.15, 0.2) is 24.4 Å². The molecule has 1 saturated heterocycles. The number of nitrogens with zero attached hydrogens (tertiary/aromatic N) is 4. The fourth-order valence-corrected chi connectivity index (χ4v) is 5.32.